The highest BCUT2D eigenvalue weighted by molar-refractivity contribution is 8.14. The summed E-state index contributed by atoms with van der Waals surface area (Å²) in [5.74, 6) is 1.23. The Morgan fingerprint density at radius 2 is 2.05 bits per heavy atom. The number of allylic oxidation sites excluding steroid dienone is 1. The molecule has 0 amide bonds. The van der Waals surface area contributed by atoms with Crippen molar-refractivity contribution in [3.8, 4) is 0 Å². The Morgan fingerprint density at radius 3 is 2.73 bits per heavy atom. The monoisotopic (exact) mass is 336 g/mol. The summed E-state index contributed by atoms with van der Waals surface area (Å²) in [4.78, 5) is 6.81. The lowest BCUT2D eigenvalue weighted by atomic mass is 10.1. The zero-order chi connectivity index (χ0) is 15.7. The molecule has 1 aromatic rings. The summed E-state index contributed by atoms with van der Waals surface area (Å²) >= 11 is 1.68. The molecule has 4 nitrogen and oxygen atoms in total. The van der Waals surface area contributed by atoms with E-state index in [1.54, 1.807) is 11.8 Å². The maximum atomic E-state index is 11.9. The van der Waals surface area contributed by atoms with Crippen LogP contribution in [0, 0.1) is 0 Å². The van der Waals surface area contributed by atoms with E-state index in [0.717, 1.165) is 16.6 Å². The van der Waals surface area contributed by atoms with Crippen LogP contribution in [0.5, 0.6) is 0 Å². The Hall–Kier alpha value is -1.27. The van der Waals surface area contributed by atoms with Crippen LogP contribution in [0.4, 0.5) is 5.69 Å². The SMILES string of the molecule is CC(C)=CCSC1=N[C@@H]2CS(=O)(=O)C[C@H]2N1c1ccccc1. The molecule has 118 valence electrons. The van der Waals surface area contributed by atoms with Crippen LogP contribution in [0.25, 0.3) is 0 Å². The average Bonchev–Trinajstić information content (AvgIpc) is 2.90. The molecule has 6 heteroatoms. The third-order valence-corrected chi connectivity index (χ3v) is 6.44. The van der Waals surface area contributed by atoms with E-state index in [1.807, 2.05) is 30.3 Å². The lowest BCUT2D eigenvalue weighted by molar-refractivity contribution is 0.601. The van der Waals surface area contributed by atoms with Crippen LogP contribution in [-0.4, -0.2) is 42.9 Å². The van der Waals surface area contributed by atoms with E-state index < -0.39 is 9.84 Å². The molecule has 0 spiro atoms. The van der Waals surface area contributed by atoms with E-state index >= 15 is 0 Å². The molecule has 2 aliphatic heterocycles. The number of rotatable bonds is 3. The first-order valence-electron chi connectivity index (χ1n) is 7.35. The van der Waals surface area contributed by atoms with Gasteiger partial charge in [-0.25, -0.2) is 8.42 Å². The first-order valence-corrected chi connectivity index (χ1v) is 10.2. The molecule has 0 saturated carbocycles. The van der Waals surface area contributed by atoms with Crippen molar-refractivity contribution in [2.24, 2.45) is 4.99 Å². The van der Waals surface area contributed by atoms with Gasteiger partial charge in [0.15, 0.2) is 15.0 Å². The number of sulfone groups is 1. The second-order valence-electron chi connectivity index (χ2n) is 5.92. The molecule has 0 N–H and O–H groups in total. The topological polar surface area (TPSA) is 49.7 Å². The van der Waals surface area contributed by atoms with Gasteiger partial charge in [0, 0.05) is 11.4 Å². The number of fused-ring (bicyclic) bond motifs is 1. The molecule has 0 bridgehead atoms. The largest absolute Gasteiger partial charge is 0.315 e. The van der Waals surface area contributed by atoms with E-state index in [1.165, 1.54) is 5.57 Å². The fraction of sp³-hybridized carbons (Fsp3) is 0.438. The third kappa shape index (κ3) is 3.22. The predicted octanol–water partition coefficient (Wildman–Crippen LogP) is 2.73. The average molecular weight is 336 g/mol. The number of anilines is 1. The van der Waals surface area contributed by atoms with Gasteiger partial charge in [-0.1, -0.05) is 41.6 Å². The number of amidine groups is 1. The van der Waals surface area contributed by atoms with E-state index in [-0.39, 0.29) is 23.6 Å². The molecule has 3 rings (SSSR count). The summed E-state index contributed by atoms with van der Waals surface area (Å²) in [6.07, 6.45) is 2.17. The van der Waals surface area contributed by atoms with Crippen molar-refractivity contribution in [1.82, 2.24) is 0 Å². The maximum absolute atomic E-state index is 11.9. The van der Waals surface area contributed by atoms with Crippen molar-refractivity contribution < 1.29 is 8.42 Å². The highest BCUT2D eigenvalue weighted by Gasteiger charge is 2.46. The molecule has 0 radical (unpaired) electrons. The molecule has 0 aromatic heterocycles. The van der Waals surface area contributed by atoms with Crippen LogP contribution in [-0.2, 0) is 9.84 Å². The van der Waals surface area contributed by atoms with Gasteiger partial charge in [-0.3, -0.25) is 4.99 Å². The number of thioether (sulfide) groups is 1. The molecule has 0 unspecified atom stereocenters. The van der Waals surface area contributed by atoms with Crippen molar-refractivity contribution in [3.05, 3.63) is 42.0 Å². The number of para-hydroxylation sites is 1. The highest BCUT2D eigenvalue weighted by atomic mass is 32.2. The molecule has 22 heavy (non-hydrogen) atoms. The molecule has 0 aliphatic carbocycles. The van der Waals surface area contributed by atoms with Crippen LogP contribution in [0.3, 0.4) is 0 Å². The zero-order valence-electron chi connectivity index (χ0n) is 12.8. The first kappa shape index (κ1) is 15.6. The van der Waals surface area contributed by atoms with E-state index in [2.05, 4.69) is 24.8 Å². The summed E-state index contributed by atoms with van der Waals surface area (Å²) in [5, 5.41) is 0.939. The van der Waals surface area contributed by atoms with Gasteiger partial charge >= 0.3 is 0 Å². The molecule has 1 saturated heterocycles. The number of aliphatic imine (C=N–C) groups is 1. The minimum atomic E-state index is -2.97. The van der Waals surface area contributed by atoms with Gasteiger partial charge < -0.3 is 4.90 Å². The first-order chi connectivity index (χ1) is 10.5. The maximum Gasteiger partial charge on any atom is 0.164 e. The summed E-state index contributed by atoms with van der Waals surface area (Å²) in [6, 6.07) is 9.78. The molecule has 2 aliphatic rings. The normalized spacial score (nSPS) is 25.7. The van der Waals surface area contributed by atoms with Gasteiger partial charge in [0.25, 0.3) is 0 Å². The molecule has 1 aromatic carbocycles. The quantitative estimate of drug-likeness (QED) is 0.797. The van der Waals surface area contributed by atoms with Crippen molar-refractivity contribution in [1.29, 1.82) is 0 Å². The van der Waals surface area contributed by atoms with Crippen LogP contribution in [0.1, 0.15) is 13.8 Å². The van der Waals surface area contributed by atoms with Crippen LogP contribution < -0.4 is 4.90 Å². The minimum absolute atomic E-state index is 0.0541. The predicted molar refractivity (Wildman–Crippen MR) is 94.5 cm³/mol. The van der Waals surface area contributed by atoms with E-state index in [0.29, 0.717) is 0 Å². The van der Waals surface area contributed by atoms with E-state index in [4.69, 9.17) is 4.99 Å². The molecule has 2 heterocycles. The highest BCUT2D eigenvalue weighted by Crippen LogP contribution is 2.34. The van der Waals surface area contributed by atoms with Gasteiger partial charge in [-0.2, -0.15) is 0 Å². The van der Waals surface area contributed by atoms with Gasteiger partial charge in [0.05, 0.1) is 23.6 Å². The van der Waals surface area contributed by atoms with Crippen LogP contribution in [0.2, 0.25) is 0 Å². The second-order valence-corrected chi connectivity index (χ2v) is 9.06. The van der Waals surface area contributed by atoms with Crippen LogP contribution >= 0.6 is 11.8 Å². The van der Waals surface area contributed by atoms with Gasteiger partial charge in [0.2, 0.25) is 0 Å². The number of benzene rings is 1. The third-order valence-electron chi connectivity index (χ3n) is 3.85. The van der Waals surface area contributed by atoms with Crippen molar-refractivity contribution in [2.45, 2.75) is 25.9 Å². The minimum Gasteiger partial charge on any atom is -0.315 e. The number of nitrogens with zero attached hydrogens (tertiary/aromatic N) is 2. The standard InChI is InChI=1S/C16H20N2O2S2/c1-12(2)8-9-21-16-17-14-10-22(19,20)11-15(14)18(16)13-6-4-3-5-7-13/h3-8,14-15H,9-11H2,1-2H3/t14-,15-/m1/s1. The summed E-state index contributed by atoms with van der Waals surface area (Å²) < 4.78 is 23.8. The van der Waals surface area contributed by atoms with Gasteiger partial charge in [0.1, 0.15) is 0 Å². The fourth-order valence-electron chi connectivity index (χ4n) is 2.81. The van der Waals surface area contributed by atoms with Crippen molar-refractivity contribution >= 4 is 32.5 Å². The lowest BCUT2D eigenvalue weighted by Gasteiger charge is -2.26. The molecular formula is C16H20N2O2S2. The molecule has 1 fully saturated rings. The van der Waals surface area contributed by atoms with Crippen LogP contribution in [0.15, 0.2) is 47.0 Å². The second kappa shape index (κ2) is 6.08. The fourth-order valence-corrected chi connectivity index (χ4v) is 5.81. The molecular weight excluding hydrogens is 316 g/mol. The van der Waals surface area contributed by atoms with Crippen molar-refractivity contribution in [3.63, 3.8) is 0 Å². The Morgan fingerprint density at radius 1 is 1.32 bits per heavy atom. The Kier molecular flexibility index (Phi) is 4.32. The Bertz CT molecular complexity index is 707. The Balaban J connectivity index is 1.88. The summed E-state index contributed by atoms with van der Waals surface area (Å²) in [7, 11) is -2.97. The van der Waals surface area contributed by atoms with E-state index in [9.17, 15) is 8.42 Å². The number of hydrogen-bond donors (Lipinski definition) is 0. The van der Waals surface area contributed by atoms with Gasteiger partial charge in [-0.15, -0.1) is 0 Å². The van der Waals surface area contributed by atoms with Crippen molar-refractivity contribution in [2.75, 3.05) is 22.2 Å². The van der Waals surface area contributed by atoms with Gasteiger partial charge in [-0.05, 0) is 26.0 Å². The summed E-state index contributed by atoms with van der Waals surface area (Å²) in [5.41, 5.74) is 2.30. The Labute approximate surface area is 136 Å². The smallest absolute Gasteiger partial charge is 0.164 e. The molecule has 2 atom stereocenters. The summed E-state index contributed by atoms with van der Waals surface area (Å²) in [6.45, 7) is 4.15. The lowest BCUT2D eigenvalue weighted by Crippen LogP contribution is -2.39. The zero-order valence-corrected chi connectivity index (χ0v) is 14.4. The number of hydrogen-bond acceptors (Lipinski definition) is 5.